The van der Waals surface area contributed by atoms with Gasteiger partial charge in [0.2, 0.25) is 0 Å². The van der Waals surface area contributed by atoms with E-state index in [1.165, 1.54) is 54.8 Å². The van der Waals surface area contributed by atoms with Crippen molar-refractivity contribution in [2.45, 2.75) is 0 Å². The molecule has 0 amide bonds. The third kappa shape index (κ3) is 4.47. The quantitative estimate of drug-likeness (QED) is 0.394. The topological polar surface area (TPSA) is 142 Å². The van der Waals surface area contributed by atoms with Crippen LogP contribution in [0.4, 0.5) is 11.4 Å². The standard InChI is InChI=1S/C19H13N3O6/c23-18(24)13-5-7-14(8-6-13)20-11-16-19(25)28-17(21-16)9-4-12-2-1-3-15(10-12)22(26)27/h1-11,25H,(H,23,24)/p-1/b9-4+,20-11?. The largest absolute Gasteiger partial charge is 0.563 e. The van der Waals surface area contributed by atoms with Crippen molar-refractivity contribution in [1.82, 2.24) is 4.98 Å². The molecule has 1 aromatic heterocycles. The Morgan fingerprint density at radius 2 is 1.93 bits per heavy atom. The molecule has 9 heteroatoms. The van der Waals surface area contributed by atoms with E-state index in [-0.39, 0.29) is 22.8 Å². The Morgan fingerprint density at radius 1 is 1.18 bits per heavy atom. The van der Waals surface area contributed by atoms with Crippen LogP contribution < -0.4 is 5.11 Å². The summed E-state index contributed by atoms with van der Waals surface area (Å²) in [6, 6.07) is 11.7. The van der Waals surface area contributed by atoms with Gasteiger partial charge < -0.3 is 14.6 Å². The zero-order valence-corrected chi connectivity index (χ0v) is 14.2. The molecule has 0 bridgehead atoms. The molecule has 9 nitrogen and oxygen atoms in total. The molecule has 1 heterocycles. The Balaban J connectivity index is 1.74. The molecule has 140 valence electrons. The first kappa shape index (κ1) is 18.5. The zero-order chi connectivity index (χ0) is 20.1. The Kier molecular flexibility index (Phi) is 5.26. The van der Waals surface area contributed by atoms with E-state index in [9.17, 15) is 20.0 Å². The van der Waals surface area contributed by atoms with Gasteiger partial charge in [-0.25, -0.2) is 9.78 Å². The minimum Gasteiger partial charge on any atom is -0.563 e. The van der Waals surface area contributed by atoms with Crippen LogP contribution in [0.2, 0.25) is 0 Å². The van der Waals surface area contributed by atoms with E-state index in [4.69, 9.17) is 9.52 Å². The number of rotatable bonds is 6. The van der Waals surface area contributed by atoms with Gasteiger partial charge >= 0.3 is 5.97 Å². The van der Waals surface area contributed by atoms with Crippen molar-refractivity contribution in [3.05, 3.63) is 81.4 Å². The second-order valence-corrected chi connectivity index (χ2v) is 5.52. The fourth-order valence-electron chi connectivity index (χ4n) is 2.22. The molecule has 2 aromatic carbocycles. The van der Waals surface area contributed by atoms with Gasteiger partial charge in [-0.3, -0.25) is 15.1 Å². The third-order valence-corrected chi connectivity index (χ3v) is 3.59. The Morgan fingerprint density at radius 3 is 2.61 bits per heavy atom. The number of benzene rings is 2. The number of carboxylic acid groups (broad SMARTS) is 1. The summed E-state index contributed by atoms with van der Waals surface area (Å²) < 4.78 is 5.00. The van der Waals surface area contributed by atoms with Crippen molar-refractivity contribution >= 4 is 35.7 Å². The van der Waals surface area contributed by atoms with Crippen LogP contribution in [0.1, 0.15) is 27.5 Å². The van der Waals surface area contributed by atoms with Crippen molar-refractivity contribution in [1.29, 1.82) is 0 Å². The highest BCUT2D eigenvalue weighted by molar-refractivity contribution is 5.88. The second kappa shape index (κ2) is 7.96. The third-order valence-electron chi connectivity index (χ3n) is 3.59. The molecule has 0 spiro atoms. The number of carboxylic acids is 1. The first-order valence-electron chi connectivity index (χ1n) is 7.90. The number of oxazole rings is 1. The molecule has 0 aliphatic rings. The number of nitro groups is 1. The van der Waals surface area contributed by atoms with E-state index in [0.717, 1.165) is 0 Å². The zero-order valence-electron chi connectivity index (χ0n) is 14.2. The molecule has 0 unspecified atom stereocenters. The average molecular weight is 378 g/mol. The highest BCUT2D eigenvalue weighted by Gasteiger charge is 2.04. The lowest BCUT2D eigenvalue weighted by Crippen LogP contribution is -1.94. The van der Waals surface area contributed by atoms with E-state index < -0.39 is 16.8 Å². The van der Waals surface area contributed by atoms with Crippen LogP contribution >= 0.6 is 0 Å². The van der Waals surface area contributed by atoms with Gasteiger partial charge in [0.15, 0.2) is 0 Å². The van der Waals surface area contributed by atoms with Crippen LogP contribution in [0.3, 0.4) is 0 Å². The molecule has 28 heavy (non-hydrogen) atoms. The molecule has 3 rings (SSSR count). The molecular weight excluding hydrogens is 366 g/mol. The first-order valence-corrected chi connectivity index (χ1v) is 7.90. The molecule has 0 atom stereocenters. The summed E-state index contributed by atoms with van der Waals surface area (Å²) in [5.41, 5.74) is 1.04. The van der Waals surface area contributed by atoms with Crippen LogP contribution in [0.15, 0.2) is 57.9 Å². The first-order chi connectivity index (χ1) is 13.4. The summed E-state index contributed by atoms with van der Waals surface area (Å²) in [5.74, 6) is -1.71. The number of non-ortho nitro benzene ring substituents is 1. The van der Waals surface area contributed by atoms with Crippen molar-refractivity contribution < 1.29 is 24.3 Å². The molecule has 3 aromatic rings. The van der Waals surface area contributed by atoms with Crippen LogP contribution in [0.5, 0.6) is 5.95 Å². The second-order valence-electron chi connectivity index (χ2n) is 5.52. The smallest absolute Gasteiger partial charge is 0.335 e. The number of nitro benzene ring substituents is 1. The van der Waals surface area contributed by atoms with Crippen LogP contribution in [-0.2, 0) is 0 Å². The number of nitrogens with zero attached hydrogens (tertiary/aromatic N) is 3. The van der Waals surface area contributed by atoms with Gasteiger partial charge in [-0.15, -0.1) is 0 Å². The molecule has 0 radical (unpaired) electrons. The predicted molar refractivity (Wildman–Crippen MR) is 98.6 cm³/mol. The number of hydrogen-bond acceptors (Lipinski definition) is 7. The lowest BCUT2D eigenvalue weighted by atomic mass is 10.2. The molecule has 0 fully saturated rings. The predicted octanol–water partition coefficient (Wildman–Crippen LogP) is 3.28. The van der Waals surface area contributed by atoms with Crippen molar-refractivity contribution in [3.8, 4) is 5.95 Å². The fraction of sp³-hybridized carbons (Fsp3) is 0. The summed E-state index contributed by atoms with van der Waals surface area (Å²) in [7, 11) is 0. The van der Waals surface area contributed by atoms with E-state index in [0.29, 0.717) is 11.3 Å². The van der Waals surface area contributed by atoms with Crippen LogP contribution in [0, 0.1) is 10.1 Å². The summed E-state index contributed by atoms with van der Waals surface area (Å²) in [6.45, 7) is 0. The van der Waals surface area contributed by atoms with Gasteiger partial charge in [0.05, 0.1) is 28.3 Å². The van der Waals surface area contributed by atoms with E-state index in [1.54, 1.807) is 12.1 Å². The monoisotopic (exact) mass is 378 g/mol. The number of carbonyl (C=O) groups is 1. The Hall–Kier alpha value is -4.27. The summed E-state index contributed by atoms with van der Waals surface area (Å²) >= 11 is 0. The maximum Gasteiger partial charge on any atom is 0.335 e. The molecule has 0 saturated heterocycles. The molecule has 0 saturated carbocycles. The number of aromatic carboxylic acids is 1. The van der Waals surface area contributed by atoms with E-state index >= 15 is 0 Å². The highest BCUT2D eigenvalue weighted by atomic mass is 16.6. The van der Waals surface area contributed by atoms with Gasteiger partial charge in [-0.2, -0.15) is 0 Å². The average Bonchev–Trinajstić information content (AvgIpc) is 3.05. The minimum atomic E-state index is -1.05. The van der Waals surface area contributed by atoms with Gasteiger partial charge in [-0.05, 0) is 35.9 Å². The minimum absolute atomic E-state index is 0.0268. The normalized spacial score (nSPS) is 11.3. The van der Waals surface area contributed by atoms with Gasteiger partial charge in [0.25, 0.3) is 5.69 Å². The van der Waals surface area contributed by atoms with Crippen molar-refractivity contribution in [2.24, 2.45) is 4.99 Å². The summed E-state index contributed by atoms with van der Waals surface area (Å²) in [4.78, 5) is 29.2. The Bertz CT molecular complexity index is 1080. The van der Waals surface area contributed by atoms with Crippen LogP contribution in [-0.4, -0.2) is 27.2 Å². The molecule has 1 N–H and O–H groups in total. The lowest BCUT2D eigenvalue weighted by Gasteiger charge is -1.96. The van der Waals surface area contributed by atoms with Crippen LogP contribution in [0.25, 0.3) is 12.2 Å². The maximum atomic E-state index is 11.8. The van der Waals surface area contributed by atoms with E-state index in [2.05, 4.69) is 9.98 Å². The number of aromatic nitrogens is 1. The van der Waals surface area contributed by atoms with E-state index in [1.807, 2.05) is 0 Å². The molecule has 0 aliphatic heterocycles. The van der Waals surface area contributed by atoms with Crippen molar-refractivity contribution in [3.63, 3.8) is 0 Å². The van der Waals surface area contributed by atoms with Crippen molar-refractivity contribution in [2.75, 3.05) is 0 Å². The summed E-state index contributed by atoms with van der Waals surface area (Å²) in [6.07, 6.45) is 4.16. The number of hydrogen-bond donors (Lipinski definition) is 1. The molecule has 0 aliphatic carbocycles. The fourth-order valence-corrected chi connectivity index (χ4v) is 2.22. The highest BCUT2D eigenvalue weighted by Crippen LogP contribution is 2.19. The van der Waals surface area contributed by atoms with Gasteiger partial charge in [-0.1, -0.05) is 18.2 Å². The van der Waals surface area contributed by atoms with Gasteiger partial charge in [0.1, 0.15) is 11.6 Å². The van der Waals surface area contributed by atoms with Gasteiger partial charge in [0, 0.05) is 12.1 Å². The lowest BCUT2D eigenvalue weighted by molar-refractivity contribution is -0.384. The number of aliphatic imine (C=N–C) groups is 1. The summed E-state index contributed by atoms with van der Waals surface area (Å²) in [5, 5.41) is 31.5. The SMILES string of the molecule is O=C(O)c1ccc(N=Cc2nc(/C=C/c3cccc([N+](=O)[O-])c3)oc2[O-])cc1. The molecular formula is C19H12N3O6-. The maximum absolute atomic E-state index is 11.8. The Labute approximate surface area is 158 Å².